The molecule has 5 rings (SSSR count). The standard InChI is InChI=1S/C32H28F4NO3S/c1-2-3-7-22-12-16-24(17-13-22)31-27-9-5-4-8-26(27)30-28(37(31)21-20-23-14-18-25(33)19-15-23)10-6-11-29(30)40-41(38,39)32(34,35)36/h4-6,8-19H,2-3,7,20-21H2,1H3/q+1. The summed E-state index contributed by atoms with van der Waals surface area (Å²) in [5, 5.41) is 1.53. The molecule has 0 unspecified atom stereocenters. The van der Waals surface area contributed by atoms with Gasteiger partial charge in [-0.05, 0) is 60.4 Å². The first-order valence-corrected chi connectivity index (χ1v) is 14.7. The van der Waals surface area contributed by atoms with Gasteiger partial charge in [0.25, 0.3) is 0 Å². The van der Waals surface area contributed by atoms with Crippen molar-refractivity contribution < 1.29 is 34.7 Å². The van der Waals surface area contributed by atoms with Crippen LogP contribution in [0.15, 0.2) is 91.0 Å². The van der Waals surface area contributed by atoms with Gasteiger partial charge >= 0.3 is 15.6 Å². The fourth-order valence-electron chi connectivity index (χ4n) is 5.07. The first-order chi connectivity index (χ1) is 19.6. The number of fused-ring (bicyclic) bond motifs is 3. The quantitative estimate of drug-likeness (QED) is 0.0584. The summed E-state index contributed by atoms with van der Waals surface area (Å²) in [7, 11) is -5.90. The average Bonchev–Trinajstić information content (AvgIpc) is 2.95. The van der Waals surface area contributed by atoms with Crippen molar-refractivity contribution in [2.24, 2.45) is 0 Å². The molecular formula is C32H28F4NO3S+. The van der Waals surface area contributed by atoms with Gasteiger partial charge in [0, 0.05) is 23.4 Å². The third-order valence-electron chi connectivity index (χ3n) is 7.08. The smallest absolute Gasteiger partial charge is 0.375 e. The molecular weight excluding hydrogens is 554 g/mol. The maximum absolute atomic E-state index is 13.5. The average molecular weight is 583 g/mol. The fourth-order valence-corrected chi connectivity index (χ4v) is 5.54. The molecule has 0 amide bonds. The highest BCUT2D eigenvalue weighted by molar-refractivity contribution is 7.88. The highest BCUT2D eigenvalue weighted by Crippen LogP contribution is 2.38. The van der Waals surface area contributed by atoms with Crippen LogP contribution in [0.1, 0.15) is 30.9 Å². The molecule has 0 aliphatic carbocycles. The van der Waals surface area contributed by atoms with E-state index in [1.807, 2.05) is 28.8 Å². The molecule has 4 aromatic carbocycles. The molecule has 5 aromatic rings. The van der Waals surface area contributed by atoms with Crippen molar-refractivity contribution >= 4 is 31.8 Å². The summed E-state index contributed by atoms with van der Waals surface area (Å²) in [5.74, 6) is -0.762. The number of alkyl halides is 3. The predicted molar refractivity (Wildman–Crippen MR) is 151 cm³/mol. The van der Waals surface area contributed by atoms with Crippen LogP contribution in [0.4, 0.5) is 17.6 Å². The topological polar surface area (TPSA) is 47.3 Å². The minimum absolute atomic E-state index is 0.248. The Kier molecular flexibility index (Phi) is 8.00. The number of hydrogen-bond acceptors (Lipinski definition) is 3. The van der Waals surface area contributed by atoms with Crippen LogP contribution in [0.3, 0.4) is 0 Å². The predicted octanol–water partition coefficient (Wildman–Crippen LogP) is 7.90. The van der Waals surface area contributed by atoms with Crippen molar-refractivity contribution in [3.8, 4) is 17.0 Å². The summed E-state index contributed by atoms with van der Waals surface area (Å²) >= 11 is 0. The maximum atomic E-state index is 13.5. The van der Waals surface area contributed by atoms with E-state index in [0.29, 0.717) is 23.9 Å². The van der Waals surface area contributed by atoms with Gasteiger partial charge in [0.1, 0.15) is 5.82 Å². The molecule has 0 aliphatic heterocycles. The normalized spacial score (nSPS) is 12.2. The highest BCUT2D eigenvalue weighted by Gasteiger charge is 2.49. The Morgan fingerprint density at radius 3 is 2.07 bits per heavy atom. The molecule has 0 N–H and O–H groups in total. The first kappa shape index (κ1) is 28.5. The number of nitrogens with zero attached hydrogens (tertiary/aromatic N) is 1. The van der Waals surface area contributed by atoms with Crippen LogP contribution in [-0.4, -0.2) is 13.9 Å². The second-order valence-corrected chi connectivity index (χ2v) is 11.4. The van der Waals surface area contributed by atoms with E-state index in [2.05, 4.69) is 19.1 Å². The van der Waals surface area contributed by atoms with Gasteiger partial charge in [0.15, 0.2) is 12.3 Å². The van der Waals surface area contributed by atoms with E-state index in [4.69, 9.17) is 4.18 Å². The fraction of sp³-hybridized carbons (Fsp3) is 0.219. The third kappa shape index (κ3) is 5.91. The van der Waals surface area contributed by atoms with Crippen LogP contribution in [0, 0.1) is 5.82 Å². The number of benzene rings is 4. The second-order valence-electron chi connectivity index (χ2n) is 9.86. The Labute approximate surface area is 236 Å². The van der Waals surface area contributed by atoms with Gasteiger partial charge < -0.3 is 4.18 Å². The number of unbranched alkanes of at least 4 members (excludes halogenated alkanes) is 1. The number of pyridine rings is 1. The lowest BCUT2D eigenvalue weighted by atomic mass is 9.97. The summed E-state index contributed by atoms with van der Waals surface area (Å²) in [4.78, 5) is 0. The second kappa shape index (κ2) is 11.5. The number of hydrogen-bond donors (Lipinski definition) is 0. The zero-order valence-electron chi connectivity index (χ0n) is 22.3. The lowest BCUT2D eigenvalue weighted by Crippen LogP contribution is -2.39. The van der Waals surface area contributed by atoms with Gasteiger partial charge in [0.05, 0.1) is 10.8 Å². The van der Waals surface area contributed by atoms with Crippen molar-refractivity contribution in [3.05, 3.63) is 108 Å². The van der Waals surface area contributed by atoms with Crippen LogP contribution >= 0.6 is 0 Å². The maximum Gasteiger partial charge on any atom is 0.534 e. The monoisotopic (exact) mass is 582 g/mol. The van der Waals surface area contributed by atoms with E-state index >= 15 is 0 Å². The van der Waals surface area contributed by atoms with Crippen molar-refractivity contribution in [1.82, 2.24) is 0 Å². The number of rotatable bonds is 9. The molecule has 41 heavy (non-hydrogen) atoms. The first-order valence-electron chi connectivity index (χ1n) is 13.3. The van der Waals surface area contributed by atoms with E-state index in [1.54, 1.807) is 30.3 Å². The van der Waals surface area contributed by atoms with Crippen LogP contribution in [-0.2, 0) is 29.5 Å². The molecule has 212 valence electrons. The van der Waals surface area contributed by atoms with Crippen molar-refractivity contribution in [3.63, 3.8) is 0 Å². The highest BCUT2D eigenvalue weighted by atomic mass is 32.2. The summed E-state index contributed by atoms with van der Waals surface area (Å²) in [5.41, 5.74) is -1.28. The number of aryl methyl sites for hydroxylation is 3. The van der Waals surface area contributed by atoms with E-state index in [-0.39, 0.29) is 11.2 Å². The summed E-state index contributed by atoms with van der Waals surface area (Å²) in [6.07, 6.45) is 3.59. The molecule has 9 heteroatoms. The van der Waals surface area contributed by atoms with Crippen LogP contribution < -0.4 is 8.75 Å². The Morgan fingerprint density at radius 1 is 0.780 bits per heavy atom. The Hall–Kier alpha value is -3.98. The molecule has 0 aliphatic rings. The lowest BCUT2D eigenvalue weighted by Gasteiger charge is -2.16. The van der Waals surface area contributed by atoms with Gasteiger partial charge in [-0.3, -0.25) is 0 Å². The molecule has 0 fully saturated rings. The Balaban J connectivity index is 1.76. The van der Waals surface area contributed by atoms with Crippen molar-refractivity contribution in [2.75, 3.05) is 0 Å². The zero-order valence-corrected chi connectivity index (χ0v) is 23.1. The van der Waals surface area contributed by atoms with Gasteiger partial charge in [-0.1, -0.05) is 61.9 Å². The molecule has 1 aromatic heterocycles. The largest absolute Gasteiger partial charge is 0.534 e. The SMILES string of the molecule is CCCCc1ccc(-c2c3ccccc3c3c(OS(=O)(=O)C(F)(F)F)cccc3[n+]2CCc2ccc(F)cc2)cc1. The Morgan fingerprint density at radius 2 is 1.41 bits per heavy atom. The third-order valence-corrected chi connectivity index (χ3v) is 8.05. The van der Waals surface area contributed by atoms with Gasteiger partial charge in [-0.25, -0.2) is 4.39 Å². The van der Waals surface area contributed by atoms with Crippen molar-refractivity contribution in [1.29, 1.82) is 0 Å². The van der Waals surface area contributed by atoms with E-state index in [1.165, 1.54) is 29.8 Å². The summed E-state index contributed by atoms with van der Waals surface area (Å²) in [6.45, 7) is 2.52. The number of halogens is 4. The molecule has 0 radical (unpaired) electrons. The lowest BCUT2D eigenvalue weighted by molar-refractivity contribution is -0.658. The Bertz CT molecular complexity index is 1800. The van der Waals surface area contributed by atoms with E-state index in [9.17, 15) is 26.0 Å². The van der Waals surface area contributed by atoms with E-state index < -0.39 is 21.4 Å². The number of aromatic nitrogens is 1. The molecule has 0 atom stereocenters. The van der Waals surface area contributed by atoms with Crippen LogP contribution in [0.2, 0.25) is 0 Å². The zero-order chi connectivity index (χ0) is 29.2. The van der Waals surface area contributed by atoms with Crippen LogP contribution in [0.25, 0.3) is 32.9 Å². The van der Waals surface area contributed by atoms with Crippen LogP contribution in [0.5, 0.6) is 5.75 Å². The van der Waals surface area contributed by atoms with Gasteiger partial charge in [-0.2, -0.15) is 26.2 Å². The van der Waals surface area contributed by atoms with E-state index in [0.717, 1.165) is 41.5 Å². The molecule has 0 saturated heterocycles. The molecule has 4 nitrogen and oxygen atoms in total. The minimum Gasteiger partial charge on any atom is -0.375 e. The minimum atomic E-state index is -5.90. The molecule has 0 spiro atoms. The summed E-state index contributed by atoms with van der Waals surface area (Å²) in [6, 6.07) is 25.9. The molecule has 1 heterocycles. The van der Waals surface area contributed by atoms with Gasteiger partial charge in [-0.15, -0.1) is 0 Å². The molecule has 0 saturated carbocycles. The van der Waals surface area contributed by atoms with Gasteiger partial charge in [0.2, 0.25) is 11.2 Å². The molecule has 0 bridgehead atoms. The van der Waals surface area contributed by atoms with Crippen molar-refractivity contribution in [2.45, 2.75) is 44.7 Å². The summed E-state index contributed by atoms with van der Waals surface area (Å²) < 4.78 is 84.2.